The molecule has 27 heavy (non-hydrogen) atoms. The van der Waals surface area contributed by atoms with Gasteiger partial charge in [0.25, 0.3) is 5.91 Å². The second-order valence-electron chi connectivity index (χ2n) is 6.76. The van der Waals surface area contributed by atoms with E-state index in [0.29, 0.717) is 18.7 Å². The minimum absolute atomic E-state index is 0.0269. The van der Waals surface area contributed by atoms with E-state index >= 15 is 0 Å². The van der Waals surface area contributed by atoms with Gasteiger partial charge in [0.15, 0.2) is 0 Å². The number of halogens is 1. The van der Waals surface area contributed by atoms with E-state index in [4.69, 9.17) is 0 Å². The molecule has 0 saturated carbocycles. The summed E-state index contributed by atoms with van der Waals surface area (Å²) in [6.45, 7) is 7.12. The van der Waals surface area contributed by atoms with E-state index in [1.807, 2.05) is 49.1 Å². The second kappa shape index (κ2) is 8.96. The van der Waals surface area contributed by atoms with E-state index in [1.165, 1.54) is 11.6 Å². The number of hydrogen-bond donors (Lipinski definition) is 1. The quantitative estimate of drug-likeness (QED) is 0.845. The molecule has 1 amide bonds. The summed E-state index contributed by atoms with van der Waals surface area (Å²) >= 11 is 0. The summed E-state index contributed by atoms with van der Waals surface area (Å²) in [6.07, 6.45) is 1.80. The van der Waals surface area contributed by atoms with Crippen LogP contribution < -0.4 is 5.32 Å². The van der Waals surface area contributed by atoms with Gasteiger partial charge >= 0.3 is 0 Å². The fourth-order valence-corrected chi connectivity index (χ4v) is 3.74. The summed E-state index contributed by atoms with van der Waals surface area (Å²) in [5.74, 6) is -0.230. The van der Waals surface area contributed by atoms with Crippen molar-refractivity contribution < 1.29 is 9.18 Å². The van der Waals surface area contributed by atoms with Gasteiger partial charge in [0.1, 0.15) is 5.82 Å². The highest BCUT2D eigenvalue weighted by Crippen LogP contribution is 2.33. The second-order valence-corrected chi connectivity index (χ2v) is 6.76. The van der Waals surface area contributed by atoms with Crippen molar-refractivity contribution in [2.24, 2.45) is 0 Å². The average molecular weight is 366 g/mol. The molecular weight excluding hydrogens is 339 g/mol. The molecule has 1 heterocycles. The Labute approximate surface area is 160 Å². The monoisotopic (exact) mass is 366 g/mol. The van der Waals surface area contributed by atoms with Crippen LogP contribution in [0.25, 0.3) is 5.57 Å². The van der Waals surface area contributed by atoms with Crippen LogP contribution in [0.2, 0.25) is 0 Å². The summed E-state index contributed by atoms with van der Waals surface area (Å²) in [5.41, 5.74) is 4.71. The first-order valence-electron chi connectivity index (χ1n) is 9.73. The van der Waals surface area contributed by atoms with Gasteiger partial charge in [-0.1, -0.05) is 35.9 Å². The molecule has 3 nitrogen and oxygen atoms in total. The van der Waals surface area contributed by atoms with Crippen molar-refractivity contribution in [1.82, 2.24) is 10.2 Å². The molecule has 0 unspecified atom stereocenters. The van der Waals surface area contributed by atoms with Crippen LogP contribution in [0.3, 0.4) is 0 Å². The third-order valence-corrected chi connectivity index (χ3v) is 5.15. The van der Waals surface area contributed by atoms with Crippen molar-refractivity contribution in [3.05, 3.63) is 76.6 Å². The predicted octanol–water partition coefficient (Wildman–Crippen LogP) is 4.49. The molecular formula is C23H27FN2O. The molecule has 0 bridgehead atoms. The Hall–Kier alpha value is -2.46. The molecule has 3 rings (SSSR count). The Morgan fingerprint density at radius 1 is 1.00 bits per heavy atom. The number of piperidine rings is 1. The minimum atomic E-state index is -0.257. The number of hydrogen-bond acceptors (Lipinski definition) is 2. The van der Waals surface area contributed by atoms with Gasteiger partial charge in [0, 0.05) is 18.7 Å². The molecule has 1 aliphatic heterocycles. The lowest BCUT2D eigenvalue weighted by Gasteiger charge is -2.25. The van der Waals surface area contributed by atoms with E-state index in [-0.39, 0.29) is 11.7 Å². The van der Waals surface area contributed by atoms with E-state index in [9.17, 15) is 9.18 Å². The highest BCUT2D eigenvalue weighted by molar-refractivity contribution is 6.01. The lowest BCUT2D eigenvalue weighted by molar-refractivity contribution is 0.0772. The molecule has 1 aliphatic rings. The molecule has 0 aromatic heterocycles. The van der Waals surface area contributed by atoms with E-state index in [0.717, 1.165) is 42.6 Å². The topological polar surface area (TPSA) is 32.3 Å². The number of nitrogens with one attached hydrogen (secondary N) is 1. The Morgan fingerprint density at radius 2 is 1.67 bits per heavy atom. The van der Waals surface area contributed by atoms with Crippen LogP contribution in [-0.2, 0) is 0 Å². The summed E-state index contributed by atoms with van der Waals surface area (Å²) in [7, 11) is 0. The van der Waals surface area contributed by atoms with Crippen molar-refractivity contribution in [3.8, 4) is 0 Å². The molecule has 0 radical (unpaired) electrons. The fraction of sp³-hybridized carbons (Fsp3) is 0.348. The summed E-state index contributed by atoms with van der Waals surface area (Å²) in [6, 6.07) is 14.4. The lowest BCUT2D eigenvalue weighted by atomic mass is 9.86. The van der Waals surface area contributed by atoms with Crippen molar-refractivity contribution >= 4 is 11.5 Å². The molecule has 142 valence electrons. The third kappa shape index (κ3) is 4.28. The Morgan fingerprint density at radius 3 is 2.30 bits per heavy atom. The van der Waals surface area contributed by atoms with Crippen LogP contribution in [0, 0.1) is 5.82 Å². The largest absolute Gasteiger partial charge is 0.339 e. The standard InChI is InChI=1S/C23H27FN2O/c1-3-26(4-2)23(27)21-11-6-5-10-20(21)22(17-12-14-25-15-13-17)18-8-7-9-19(24)16-18/h5-11,16,25H,3-4,12-15H2,1-2H3. The molecule has 2 aromatic rings. The van der Waals surface area contributed by atoms with Crippen LogP contribution in [0.15, 0.2) is 54.1 Å². The molecule has 2 aromatic carbocycles. The molecule has 0 spiro atoms. The molecule has 1 saturated heterocycles. The smallest absolute Gasteiger partial charge is 0.254 e. The first-order chi connectivity index (χ1) is 13.2. The zero-order chi connectivity index (χ0) is 19.2. The molecule has 0 atom stereocenters. The number of benzene rings is 2. The van der Waals surface area contributed by atoms with Gasteiger partial charge < -0.3 is 10.2 Å². The highest BCUT2D eigenvalue weighted by atomic mass is 19.1. The van der Waals surface area contributed by atoms with Crippen LogP contribution >= 0.6 is 0 Å². The van der Waals surface area contributed by atoms with Crippen molar-refractivity contribution in [1.29, 1.82) is 0 Å². The maximum atomic E-state index is 14.0. The Balaban J connectivity index is 2.18. The average Bonchev–Trinajstić information content (AvgIpc) is 2.70. The van der Waals surface area contributed by atoms with Crippen LogP contribution in [0.4, 0.5) is 4.39 Å². The van der Waals surface area contributed by atoms with E-state index in [2.05, 4.69) is 5.32 Å². The lowest BCUT2D eigenvalue weighted by Crippen LogP contribution is -2.31. The summed E-state index contributed by atoms with van der Waals surface area (Å²) in [5, 5.41) is 3.37. The fourth-order valence-electron chi connectivity index (χ4n) is 3.74. The predicted molar refractivity (Wildman–Crippen MR) is 108 cm³/mol. The zero-order valence-electron chi connectivity index (χ0n) is 16.1. The van der Waals surface area contributed by atoms with Gasteiger partial charge in [-0.05, 0) is 74.7 Å². The van der Waals surface area contributed by atoms with Gasteiger partial charge in [0.2, 0.25) is 0 Å². The van der Waals surface area contributed by atoms with Crippen LogP contribution in [0.1, 0.15) is 48.2 Å². The van der Waals surface area contributed by atoms with Gasteiger partial charge in [0.05, 0.1) is 0 Å². The van der Waals surface area contributed by atoms with Gasteiger partial charge in [-0.3, -0.25) is 4.79 Å². The van der Waals surface area contributed by atoms with Gasteiger partial charge in [-0.15, -0.1) is 0 Å². The number of nitrogens with zero attached hydrogens (tertiary/aromatic N) is 1. The number of rotatable bonds is 5. The zero-order valence-corrected chi connectivity index (χ0v) is 16.1. The Bertz CT molecular complexity index is 832. The van der Waals surface area contributed by atoms with Crippen molar-refractivity contribution in [2.75, 3.05) is 26.2 Å². The number of carbonyl (C=O) groups excluding carboxylic acids is 1. The van der Waals surface area contributed by atoms with Crippen LogP contribution in [0.5, 0.6) is 0 Å². The SMILES string of the molecule is CCN(CC)C(=O)c1ccccc1C(=C1CCNCC1)c1cccc(F)c1. The molecule has 4 heteroatoms. The molecule has 0 aliphatic carbocycles. The Kier molecular flexibility index (Phi) is 6.40. The van der Waals surface area contributed by atoms with E-state index in [1.54, 1.807) is 12.1 Å². The van der Waals surface area contributed by atoms with Crippen LogP contribution in [-0.4, -0.2) is 37.0 Å². The van der Waals surface area contributed by atoms with Gasteiger partial charge in [-0.25, -0.2) is 4.39 Å². The maximum absolute atomic E-state index is 14.0. The first-order valence-corrected chi connectivity index (χ1v) is 9.73. The summed E-state index contributed by atoms with van der Waals surface area (Å²) in [4.78, 5) is 15.0. The number of amides is 1. The number of carbonyl (C=O) groups is 1. The normalized spacial score (nSPS) is 14.1. The summed E-state index contributed by atoms with van der Waals surface area (Å²) < 4.78 is 14.0. The third-order valence-electron chi connectivity index (χ3n) is 5.15. The molecule has 1 N–H and O–H groups in total. The first kappa shape index (κ1) is 19.3. The highest BCUT2D eigenvalue weighted by Gasteiger charge is 2.22. The maximum Gasteiger partial charge on any atom is 0.254 e. The molecule has 1 fully saturated rings. The van der Waals surface area contributed by atoms with E-state index < -0.39 is 0 Å². The van der Waals surface area contributed by atoms with Crippen molar-refractivity contribution in [3.63, 3.8) is 0 Å². The van der Waals surface area contributed by atoms with Crippen molar-refractivity contribution in [2.45, 2.75) is 26.7 Å². The minimum Gasteiger partial charge on any atom is -0.339 e. The van der Waals surface area contributed by atoms with Gasteiger partial charge in [-0.2, -0.15) is 0 Å².